The Balaban J connectivity index is 1.72. The van der Waals surface area contributed by atoms with Crippen LogP contribution in [0.15, 0.2) is 71.6 Å². The molecule has 0 aliphatic rings. The minimum absolute atomic E-state index is 0.0741. The number of alkyl halides is 3. The number of benzene rings is 3. The summed E-state index contributed by atoms with van der Waals surface area (Å²) < 4.78 is 77.1. The minimum atomic E-state index is -4.54. The summed E-state index contributed by atoms with van der Waals surface area (Å²) >= 11 is 0. The maximum Gasteiger partial charge on any atom is 0.416 e. The highest BCUT2D eigenvalue weighted by Gasteiger charge is 2.30. The Morgan fingerprint density at radius 1 is 1.00 bits per heavy atom. The number of carbonyl (C=O) groups is 1. The molecule has 0 unspecified atom stereocenters. The topological polar surface area (TPSA) is 93.7 Å². The first kappa shape index (κ1) is 24.9. The van der Waals surface area contributed by atoms with Crippen molar-refractivity contribution in [1.82, 2.24) is 0 Å². The van der Waals surface area contributed by atoms with Crippen molar-refractivity contribution in [3.05, 3.63) is 77.9 Å². The quantitative estimate of drug-likeness (QED) is 0.468. The van der Waals surface area contributed by atoms with Crippen LogP contribution in [0.1, 0.15) is 11.1 Å². The van der Waals surface area contributed by atoms with Crippen LogP contribution in [0.4, 0.5) is 24.5 Å². The zero-order valence-corrected chi connectivity index (χ0v) is 19.0. The number of halogens is 3. The third-order valence-corrected chi connectivity index (χ3v) is 6.15. The Bertz CT molecular complexity index is 1290. The molecule has 0 saturated carbocycles. The molecule has 0 atom stereocenters. The van der Waals surface area contributed by atoms with E-state index in [1.807, 2.05) is 0 Å². The largest absolute Gasteiger partial charge is 0.495 e. The van der Waals surface area contributed by atoms with E-state index in [-0.39, 0.29) is 22.0 Å². The number of amides is 1. The summed E-state index contributed by atoms with van der Waals surface area (Å²) in [6.45, 7) is 1.02. The van der Waals surface area contributed by atoms with Gasteiger partial charge in [-0.2, -0.15) is 13.2 Å². The number of nitrogens with one attached hydrogen (secondary N) is 2. The highest BCUT2D eigenvalue weighted by atomic mass is 32.2. The Hall–Kier alpha value is -3.73. The molecule has 0 spiro atoms. The third-order valence-electron chi connectivity index (χ3n) is 4.64. The second-order valence-corrected chi connectivity index (χ2v) is 8.80. The Labute approximate surface area is 194 Å². The van der Waals surface area contributed by atoms with Gasteiger partial charge in [-0.15, -0.1) is 0 Å². The lowest BCUT2D eigenvalue weighted by molar-refractivity contribution is -0.137. The van der Waals surface area contributed by atoms with Gasteiger partial charge in [-0.25, -0.2) is 8.42 Å². The van der Waals surface area contributed by atoms with Gasteiger partial charge < -0.3 is 14.8 Å². The molecule has 11 heteroatoms. The number of sulfonamides is 1. The highest BCUT2D eigenvalue weighted by molar-refractivity contribution is 7.92. The van der Waals surface area contributed by atoms with Crippen molar-refractivity contribution < 1.29 is 35.9 Å². The van der Waals surface area contributed by atoms with Crippen molar-refractivity contribution in [3.63, 3.8) is 0 Å². The molecule has 7 nitrogen and oxygen atoms in total. The smallest absolute Gasteiger partial charge is 0.416 e. The lowest BCUT2D eigenvalue weighted by atomic mass is 10.2. The number of hydrogen-bond acceptors (Lipinski definition) is 5. The average molecular weight is 494 g/mol. The monoisotopic (exact) mass is 494 g/mol. The van der Waals surface area contributed by atoms with E-state index < -0.39 is 34.3 Å². The van der Waals surface area contributed by atoms with E-state index in [1.165, 1.54) is 37.4 Å². The molecular formula is C23H21F3N2O5S. The van der Waals surface area contributed by atoms with E-state index in [9.17, 15) is 26.4 Å². The van der Waals surface area contributed by atoms with Gasteiger partial charge in [0.2, 0.25) is 0 Å². The molecule has 34 heavy (non-hydrogen) atoms. The summed E-state index contributed by atoms with van der Waals surface area (Å²) in [5, 5.41) is 2.48. The number of carbonyl (C=O) groups excluding carboxylic acids is 1. The number of methoxy groups -OCH3 is 1. The Morgan fingerprint density at radius 2 is 1.74 bits per heavy atom. The zero-order chi connectivity index (χ0) is 24.9. The van der Waals surface area contributed by atoms with Crippen LogP contribution in [0.25, 0.3) is 0 Å². The van der Waals surface area contributed by atoms with Crippen molar-refractivity contribution in [2.45, 2.75) is 18.0 Å². The molecule has 0 aliphatic carbocycles. The van der Waals surface area contributed by atoms with Gasteiger partial charge in [0.15, 0.2) is 6.61 Å². The first-order valence-electron chi connectivity index (χ1n) is 9.86. The molecule has 3 aromatic rings. The van der Waals surface area contributed by atoms with Crippen molar-refractivity contribution in [3.8, 4) is 11.5 Å². The molecule has 0 radical (unpaired) electrons. The normalized spacial score (nSPS) is 11.6. The van der Waals surface area contributed by atoms with Crippen molar-refractivity contribution >= 4 is 27.3 Å². The summed E-state index contributed by atoms with van der Waals surface area (Å²) in [6.07, 6.45) is -4.54. The lowest BCUT2D eigenvalue weighted by Gasteiger charge is -2.14. The molecule has 3 rings (SSSR count). The zero-order valence-electron chi connectivity index (χ0n) is 18.1. The number of hydrogen-bond donors (Lipinski definition) is 2. The van der Waals surface area contributed by atoms with Crippen LogP contribution in [0.3, 0.4) is 0 Å². The van der Waals surface area contributed by atoms with E-state index in [0.717, 1.165) is 12.1 Å². The van der Waals surface area contributed by atoms with Gasteiger partial charge in [0.25, 0.3) is 15.9 Å². The van der Waals surface area contributed by atoms with Gasteiger partial charge in [0.05, 0.1) is 23.3 Å². The molecule has 0 bridgehead atoms. The molecule has 3 aromatic carbocycles. The fourth-order valence-electron chi connectivity index (χ4n) is 3.00. The summed E-state index contributed by atoms with van der Waals surface area (Å²) in [5.41, 5.74) is -0.0566. The van der Waals surface area contributed by atoms with E-state index in [1.54, 1.807) is 31.2 Å². The summed E-state index contributed by atoms with van der Waals surface area (Å²) in [4.78, 5) is 12.2. The van der Waals surface area contributed by atoms with Gasteiger partial charge >= 0.3 is 6.18 Å². The van der Waals surface area contributed by atoms with Crippen LogP contribution in [-0.4, -0.2) is 28.0 Å². The predicted molar refractivity (Wildman–Crippen MR) is 121 cm³/mol. The van der Waals surface area contributed by atoms with E-state index in [2.05, 4.69) is 10.0 Å². The molecule has 1 amide bonds. The summed E-state index contributed by atoms with van der Waals surface area (Å²) in [6, 6.07) is 14.9. The second-order valence-electron chi connectivity index (χ2n) is 7.15. The molecular weight excluding hydrogens is 473 g/mol. The highest BCUT2D eigenvalue weighted by Crippen LogP contribution is 2.31. The van der Waals surface area contributed by atoms with Gasteiger partial charge in [-0.05, 0) is 55.0 Å². The van der Waals surface area contributed by atoms with Crippen LogP contribution in [0, 0.1) is 6.92 Å². The fraction of sp³-hybridized carbons (Fsp3) is 0.174. The summed E-state index contributed by atoms with van der Waals surface area (Å²) in [7, 11) is -2.62. The number of rotatable bonds is 8. The van der Waals surface area contributed by atoms with Gasteiger partial charge in [0.1, 0.15) is 11.5 Å². The van der Waals surface area contributed by atoms with Gasteiger partial charge in [-0.1, -0.05) is 24.3 Å². The van der Waals surface area contributed by atoms with E-state index in [0.29, 0.717) is 11.3 Å². The molecule has 0 aliphatic heterocycles. The maximum atomic E-state index is 13.0. The van der Waals surface area contributed by atoms with Gasteiger partial charge in [0, 0.05) is 5.69 Å². The van der Waals surface area contributed by atoms with Gasteiger partial charge in [-0.3, -0.25) is 9.52 Å². The standard InChI is InChI=1S/C23H21F3N2O5S/c1-15-10-11-17(13-21(15)34(30,31)28-19-8-3-4-9-20(19)32-2)27-22(29)14-33-18-7-5-6-16(12-18)23(24,25)26/h3-13,28H,14H2,1-2H3,(H,27,29). The van der Waals surface area contributed by atoms with Crippen molar-refractivity contribution in [2.24, 2.45) is 0 Å². The number of aryl methyl sites for hydroxylation is 1. The van der Waals surface area contributed by atoms with Crippen molar-refractivity contribution in [1.29, 1.82) is 0 Å². The number of ether oxygens (including phenoxy) is 2. The summed E-state index contributed by atoms with van der Waals surface area (Å²) in [5.74, 6) is -0.472. The van der Waals surface area contributed by atoms with Crippen LogP contribution in [0.5, 0.6) is 11.5 Å². The molecule has 0 aromatic heterocycles. The third kappa shape index (κ3) is 6.19. The van der Waals surface area contributed by atoms with Crippen LogP contribution in [0.2, 0.25) is 0 Å². The van der Waals surface area contributed by atoms with Crippen LogP contribution in [-0.2, 0) is 21.0 Å². The van der Waals surface area contributed by atoms with E-state index >= 15 is 0 Å². The molecule has 0 fully saturated rings. The predicted octanol–water partition coefficient (Wildman–Crippen LogP) is 4.84. The Morgan fingerprint density at radius 3 is 2.44 bits per heavy atom. The molecule has 180 valence electrons. The average Bonchev–Trinajstić information content (AvgIpc) is 2.78. The maximum absolute atomic E-state index is 13.0. The second kappa shape index (κ2) is 10.0. The molecule has 0 saturated heterocycles. The number of anilines is 2. The van der Waals surface area contributed by atoms with Crippen LogP contribution >= 0.6 is 0 Å². The first-order chi connectivity index (χ1) is 16.0. The number of para-hydroxylation sites is 2. The lowest BCUT2D eigenvalue weighted by Crippen LogP contribution is -2.21. The fourth-order valence-corrected chi connectivity index (χ4v) is 4.35. The molecule has 0 heterocycles. The SMILES string of the molecule is COc1ccccc1NS(=O)(=O)c1cc(NC(=O)COc2cccc(C(F)(F)F)c2)ccc1C. The van der Waals surface area contributed by atoms with Crippen LogP contribution < -0.4 is 19.5 Å². The van der Waals surface area contributed by atoms with E-state index in [4.69, 9.17) is 9.47 Å². The first-order valence-corrected chi connectivity index (χ1v) is 11.3. The molecule has 2 N–H and O–H groups in total. The minimum Gasteiger partial charge on any atom is -0.495 e. The Kier molecular flexibility index (Phi) is 7.35. The van der Waals surface area contributed by atoms with Crippen molar-refractivity contribution in [2.75, 3.05) is 23.8 Å².